The molecule has 1 heterocycles. The summed E-state index contributed by atoms with van der Waals surface area (Å²) >= 11 is 0. The molecule has 7 nitrogen and oxygen atoms in total. The second-order valence-corrected chi connectivity index (χ2v) is 7.50. The van der Waals surface area contributed by atoms with E-state index in [0.717, 1.165) is 23.4 Å². The molecule has 3 atom stereocenters. The van der Waals surface area contributed by atoms with Crippen LogP contribution >= 0.6 is 0 Å². The van der Waals surface area contributed by atoms with Crippen molar-refractivity contribution in [2.24, 2.45) is 18.9 Å². The number of amides is 1. The number of esters is 1. The van der Waals surface area contributed by atoms with Gasteiger partial charge in [0.25, 0.3) is 5.91 Å². The lowest BCUT2D eigenvalue weighted by Crippen LogP contribution is -2.37. The molecule has 1 aromatic carbocycles. The van der Waals surface area contributed by atoms with Crippen molar-refractivity contribution < 1.29 is 19.1 Å². The fourth-order valence-corrected chi connectivity index (χ4v) is 3.58. The Morgan fingerprint density at radius 2 is 2.03 bits per heavy atom. The summed E-state index contributed by atoms with van der Waals surface area (Å²) in [5.41, 5.74) is 2.64. The third-order valence-electron chi connectivity index (χ3n) is 5.36. The monoisotopic (exact) mass is 399 g/mol. The number of ether oxygens (including phenoxy) is 2. The first-order valence-electron chi connectivity index (χ1n) is 9.97. The summed E-state index contributed by atoms with van der Waals surface area (Å²) in [7, 11) is 3.42. The molecule has 1 amide bonds. The van der Waals surface area contributed by atoms with E-state index in [1.807, 2.05) is 50.4 Å². The van der Waals surface area contributed by atoms with Gasteiger partial charge in [-0.15, -0.1) is 0 Å². The average Bonchev–Trinajstić information content (AvgIpc) is 3.40. The van der Waals surface area contributed by atoms with E-state index in [1.165, 1.54) is 7.11 Å². The minimum Gasteiger partial charge on any atom is -0.466 e. The molecule has 156 valence electrons. The van der Waals surface area contributed by atoms with Crippen molar-refractivity contribution in [1.82, 2.24) is 14.7 Å². The van der Waals surface area contributed by atoms with Crippen LogP contribution in [0, 0.1) is 18.8 Å². The van der Waals surface area contributed by atoms with Crippen LogP contribution in [0.4, 0.5) is 0 Å². The molecule has 2 aromatic rings. The number of aryl methyl sites for hydroxylation is 2. The van der Waals surface area contributed by atoms with E-state index in [-0.39, 0.29) is 23.7 Å². The van der Waals surface area contributed by atoms with Gasteiger partial charge >= 0.3 is 5.97 Å². The third-order valence-corrected chi connectivity index (χ3v) is 5.36. The van der Waals surface area contributed by atoms with Crippen LogP contribution in [0.5, 0.6) is 0 Å². The standard InChI is InChI=1S/C22H29N3O4/c1-5-29-22(27)19-12-17(19)13-25(14-18-11-15(2)24(3)23-18)21(26)20(28-4)16-9-7-6-8-10-16/h6-11,17,19-20H,5,12-14H2,1-4H3/t17-,19-,20-/m1/s1. The zero-order valence-electron chi connectivity index (χ0n) is 17.5. The number of hydrogen-bond acceptors (Lipinski definition) is 5. The first-order valence-corrected chi connectivity index (χ1v) is 9.97. The highest BCUT2D eigenvalue weighted by molar-refractivity contribution is 5.82. The van der Waals surface area contributed by atoms with E-state index in [0.29, 0.717) is 19.7 Å². The Labute approximate surface area is 171 Å². The van der Waals surface area contributed by atoms with Gasteiger partial charge in [-0.3, -0.25) is 14.3 Å². The van der Waals surface area contributed by atoms with Crippen LogP contribution in [0.25, 0.3) is 0 Å². The van der Waals surface area contributed by atoms with E-state index in [4.69, 9.17) is 9.47 Å². The van der Waals surface area contributed by atoms with Gasteiger partial charge in [0, 0.05) is 26.4 Å². The summed E-state index contributed by atoms with van der Waals surface area (Å²) < 4.78 is 12.5. The molecule has 1 aliphatic carbocycles. The Hall–Kier alpha value is -2.67. The van der Waals surface area contributed by atoms with Crippen molar-refractivity contribution in [2.45, 2.75) is 32.9 Å². The number of hydrogen-bond donors (Lipinski definition) is 0. The Morgan fingerprint density at radius 3 is 2.62 bits per heavy atom. The summed E-state index contributed by atoms with van der Waals surface area (Å²) in [6.45, 7) is 5.00. The van der Waals surface area contributed by atoms with Gasteiger partial charge in [-0.1, -0.05) is 30.3 Å². The molecule has 1 fully saturated rings. The van der Waals surface area contributed by atoms with Crippen molar-refractivity contribution in [2.75, 3.05) is 20.3 Å². The molecule has 3 rings (SSSR count). The highest BCUT2D eigenvalue weighted by atomic mass is 16.5. The number of carbonyl (C=O) groups excluding carboxylic acids is 2. The maximum atomic E-state index is 13.4. The fourth-order valence-electron chi connectivity index (χ4n) is 3.58. The van der Waals surface area contributed by atoms with Crippen LogP contribution in [0.1, 0.15) is 36.4 Å². The minimum atomic E-state index is -0.694. The summed E-state index contributed by atoms with van der Waals surface area (Å²) in [5, 5.41) is 4.49. The summed E-state index contributed by atoms with van der Waals surface area (Å²) in [6, 6.07) is 11.4. The Morgan fingerprint density at radius 1 is 1.31 bits per heavy atom. The highest BCUT2D eigenvalue weighted by Gasteiger charge is 2.46. The van der Waals surface area contributed by atoms with Gasteiger partial charge in [0.15, 0.2) is 6.10 Å². The second-order valence-electron chi connectivity index (χ2n) is 7.50. The molecule has 0 aliphatic heterocycles. The van der Waals surface area contributed by atoms with Crippen LogP contribution in [-0.2, 0) is 32.7 Å². The predicted octanol–water partition coefficient (Wildman–Crippen LogP) is 2.64. The molecule has 1 aliphatic rings. The van der Waals surface area contributed by atoms with Crippen LogP contribution in [0.2, 0.25) is 0 Å². The molecule has 1 aromatic heterocycles. The van der Waals surface area contributed by atoms with Crippen LogP contribution < -0.4 is 0 Å². The van der Waals surface area contributed by atoms with E-state index >= 15 is 0 Å². The van der Waals surface area contributed by atoms with Crippen molar-refractivity contribution in [3.8, 4) is 0 Å². The lowest BCUT2D eigenvalue weighted by Gasteiger charge is -2.26. The molecule has 7 heteroatoms. The SMILES string of the molecule is CCOC(=O)[C@@H]1C[C@@H]1CN(Cc1cc(C)n(C)n1)C(=O)[C@H](OC)c1ccccc1. The molecule has 0 unspecified atom stereocenters. The maximum Gasteiger partial charge on any atom is 0.309 e. The molecule has 0 N–H and O–H groups in total. The van der Waals surface area contributed by atoms with Crippen LogP contribution in [-0.4, -0.2) is 46.8 Å². The second kappa shape index (κ2) is 9.22. The third kappa shape index (κ3) is 5.03. The number of methoxy groups -OCH3 is 1. The number of rotatable bonds is 9. The van der Waals surface area contributed by atoms with Crippen LogP contribution in [0.15, 0.2) is 36.4 Å². The van der Waals surface area contributed by atoms with Crippen molar-refractivity contribution in [3.63, 3.8) is 0 Å². The molecule has 29 heavy (non-hydrogen) atoms. The number of benzene rings is 1. The van der Waals surface area contributed by atoms with E-state index in [9.17, 15) is 9.59 Å². The van der Waals surface area contributed by atoms with Crippen molar-refractivity contribution in [3.05, 3.63) is 53.3 Å². The number of aromatic nitrogens is 2. The normalized spacial score (nSPS) is 18.9. The highest BCUT2D eigenvalue weighted by Crippen LogP contribution is 2.40. The first kappa shape index (κ1) is 21.0. The Balaban J connectivity index is 1.78. The lowest BCUT2D eigenvalue weighted by molar-refractivity contribution is -0.147. The van der Waals surface area contributed by atoms with Crippen LogP contribution in [0.3, 0.4) is 0 Å². The largest absolute Gasteiger partial charge is 0.466 e. The van der Waals surface area contributed by atoms with Crippen molar-refractivity contribution >= 4 is 11.9 Å². The first-order chi connectivity index (χ1) is 13.9. The molecule has 0 spiro atoms. The molecule has 0 radical (unpaired) electrons. The Bertz CT molecular complexity index is 829. The average molecular weight is 399 g/mol. The Kier molecular flexibility index (Phi) is 6.69. The molecule has 1 saturated carbocycles. The molecule has 0 saturated heterocycles. The summed E-state index contributed by atoms with van der Waals surface area (Å²) in [5.74, 6) is -0.328. The maximum absolute atomic E-state index is 13.4. The number of carbonyl (C=O) groups is 2. The lowest BCUT2D eigenvalue weighted by atomic mass is 10.1. The van der Waals surface area contributed by atoms with Gasteiger partial charge in [-0.2, -0.15) is 5.10 Å². The molecule has 0 bridgehead atoms. The van der Waals surface area contributed by atoms with E-state index in [2.05, 4.69) is 5.10 Å². The van der Waals surface area contributed by atoms with Gasteiger partial charge in [0.2, 0.25) is 0 Å². The summed E-state index contributed by atoms with van der Waals surface area (Å²) in [4.78, 5) is 27.2. The topological polar surface area (TPSA) is 73.7 Å². The predicted molar refractivity (Wildman–Crippen MR) is 108 cm³/mol. The fraction of sp³-hybridized carbons (Fsp3) is 0.500. The zero-order valence-corrected chi connectivity index (χ0v) is 17.5. The van der Waals surface area contributed by atoms with E-state index in [1.54, 1.807) is 16.5 Å². The zero-order chi connectivity index (χ0) is 21.0. The minimum absolute atomic E-state index is 0.107. The quantitative estimate of drug-likeness (QED) is 0.606. The smallest absolute Gasteiger partial charge is 0.309 e. The van der Waals surface area contributed by atoms with Gasteiger partial charge in [0.1, 0.15) is 0 Å². The van der Waals surface area contributed by atoms with Gasteiger partial charge in [-0.05, 0) is 37.8 Å². The van der Waals surface area contributed by atoms with Gasteiger partial charge in [0.05, 0.1) is 24.8 Å². The molecular weight excluding hydrogens is 370 g/mol. The van der Waals surface area contributed by atoms with Crippen molar-refractivity contribution in [1.29, 1.82) is 0 Å². The van der Waals surface area contributed by atoms with Gasteiger partial charge < -0.3 is 14.4 Å². The molecular formula is C22H29N3O4. The number of nitrogens with zero attached hydrogens (tertiary/aromatic N) is 3. The summed E-state index contributed by atoms with van der Waals surface area (Å²) in [6.07, 6.45) is 0.0492. The van der Waals surface area contributed by atoms with Gasteiger partial charge in [-0.25, -0.2) is 0 Å². The van der Waals surface area contributed by atoms with E-state index < -0.39 is 6.10 Å².